The van der Waals surface area contributed by atoms with Gasteiger partial charge in [-0.15, -0.1) is 0 Å². The van der Waals surface area contributed by atoms with Crippen LogP contribution in [0.5, 0.6) is 11.5 Å². The van der Waals surface area contributed by atoms with Crippen molar-refractivity contribution < 1.29 is 17.9 Å². The summed E-state index contributed by atoms with van der Waals surface area (Å²) in [7, 11) is -1.20. The van der Waals surface area contributed by atoms with Crippen LogP contribution in [0.3, 0.4) is 0 Å². The second-order valence-electron chi connectivity index (χ2n) is 6.98. The van der Waals surface area contributed by atoms with E-state index in [2.05, 4.69) is 0 Å². The van der Waals surface area contributed by atoms with Crippen molar-refractivity contribution in [3.05, 3.63) is 54.6 Å². The third-order valence-electron chi connectivity index (χ3n) is 4.93. The molecular formula is C21H26N2O4S. The molecule has 0 radical (unpaired) electrons. The van der Waals surface area contributed by atoms with Gasteiger partial charge in [0.2, 0.25) is 5.91 Å². The van der Waals surface area contributed by atoms with Crippen molar-refractivity contribution in [2.45, 2.75) is 19.4 Å². The zero-order valence-corrected chi connectivity index (χ0v) is 17.1. The van der Waals surface area contributed by atoms with Crippen molar-refractivity contribution in [3.63, 3.8) is 0 Å². The number of rotatable bonds is 7. The first-order chi connectivity index (χ1) is 13.4. The summed E-state index contributed by atoms with van der Waals surface area (Å²) in [5.41, 5.74) is 0.801. The quantitative estimate of drug-likeness (QED) is 0.712. The molecule has 0 aromatic heterocycles. The molecule has 6 nitrogen and oxygen atoms in total. The van der Waals surface area contributed by atoms with E-state index in [-0.39, 0.29) is 30.0 Å². The fourth-order valence-corrected chi connectivity index (χ4v) is 5.24. The molecule has 3 rings (SSSR count). The number of nitrogens with zero attached hydrogens (tertiary/aromatic N) is 2. The van der Waals surface area contributed by atoms with Crippen LogP contribution in [0.1, 0.15) is 13.3 Å². The zero-order chi connectivity index (χ0) is 20.1. The zero-order valence-electron chi connectivity index (χ0n) is 16.2. The number of hydrogen-bond donors (Lipinski definition) is 0. The van der Waals surface area contributed by atoms with Gasteiger partial charge in [0.15, 0.2) is 15.6 Å². The Balaban J connectivity index is 1.72. The Labute approximate surface area is 166 Å². The van der Waals surface area contributed by atoms with Gasteiger partial charge in [-0.2, -0.15) is 0 Å². The Hall–Kier alpha value is -2.54. The predicted octanol–water partition coefficient (Wildman–Crippen LogP) is 2.95. The van der Waals surface area contributed by atoms with Gasteiger partial charge in [0.1, 0.15) is 5.75 Å². The number of para-hydroxylation sites is 3. The third-order valence-corrected chi connectivity index (χ3v) is 6.68. The fourth-order valence-electron chi connectivity index (χ4n) is 3.51. The minimum atomic E-state index is -3.03. The molecule has 0 saturated carbocycles. The minimum Gasteiger partial charge on any atom is -0.455 e. The minimum absolute atomic E-state index is 0.0595. The second-order valence-corrected chi connectivity index (χ2v) is 9.20. The Bertz CT molecular complexity index is 915. The van der Waals surface area contributed by atoms with Gasteiger partial charge >= 0.3 is 0 Å². The Morgan fingerprint density at radius 3 is 2.43 bits per heavy atom. The van der Waals surface area contributed by atoms with Crippen molar-refractivity contribution in [1.29, 1.82) is 0 Å². The summed E-state index contributed by atoms with van der Waals surface area (Å²) in [6, 6.07) is 16.8. The predicted molar refractivity (Wildman–Crippen MR) is 111 cm³/mol. The smallest absolute Gasteiger partial charge is 0.242 e. The van der Waals surface area contributed by atoms with E-state index in [1.165, 1.54) is 0 Å². The average Bonchev–Trinajstić information content (AvgIpc) is 3.03. The number of likely N-dealkylation sites (N-methyl/N-ethyl adjacent to an activating group) is 2. The molecule has 1 aliphatic rings. The summed E-state index contributed by atoms with van der Waals surface area (Å²) in [5.74, 6) is 1.52. The van der Waals surface area contributed by atoms with Crippen LogP contribution in [0.25, 0.3) is 0 Å². The topological polar surface area (TPSA) is 66.9 Å². The SMILES string of the molecule is CCN(C(=O)CN(C)c1ccccc1Oc1ccccc1)C1CCS(=O)(=O)C1. The maximum atomic E-state index is 12.9. The van der Waals surface area contributed by atoms with Crippen LogP contribution in [-0.4, -0.2) is 56.9 Å². The Kier molecular flexibility index (Phi) is 6.24. The lowest BCUT2D eigenvalue weighted by atomic mass is 10.2. The summed E-state index contributed by atoms with van der Waals surface area (Å²) < 4.78 is 29.5. The monoisotopic (exact) mass is 402 g/mol. The number of carbonyl (C=O) groups is 1. The highest BCUT2D eigenvalue weighted by Gasteiger charge is 2.34. The van der Waals surface area contributed by atoms with Crippen molar-refractivity contribution in [3.8, 4) is 11.5 Å². The van der Waals surface area contributed by atoms with E-state index in [1.54, 1.807) is 4.90 Å². The lowest BCUT2D eigenvalue weighted by molar-refractivity contribution is -0.131. The summed E-state index contributed by atoms with van der Waals surface area (Å²) in [6.07, 6.45) is 0.513. The van der Waals surface area contributed by atoms with Crippen molar-refractivity contribution >= 4 is 21.4 Å². The van der Waals surface area contributed by atoms with Gasteiger partial charge in [-0.05, 0) is 37.6 Å². The van der Waals surface area contributed by atoms with Gasteiger partial charge in [-0.25, -0.2) is 8.42 Å². The molecule has 1 unspecified atom stereocenters. The molecule has 1 saturated heterocycles. The van der Waals surface area contributed by atoms with Gasteiger partial charge in [-0.1, -0.05) is 30.3 Å². The van der Waals surface area contributed by atoms with E-state index < -0.39 is 9.84 Å². The van der Waals surface area contributed by atoms with E-state index >= 15 is 0 Å². The maximum Gasteiger partial charge on any atom is 0.242 e. The Morgan fingerprint density at radius 2 is 1.79 bits per heavy atom. The summed E-state index contributed by atoms with van der Waals surface area (Å²) in [4.78, 5) is 16.4. The van der Waals surface area contributed by atoms with Gasteiger partial charge in [0, 0.05) is 19.6 Å². The standard InChI is InChI=1S/C21H26N2O4S/c1-3-23(17-13-14-28(25,26)16-17)21(24)15-22(2)19-11-7-8-12-20(19)27-18-9-5-4-6-10-18/h4-12,17H,3,13-16H2,1-2H3. The highest BCUT2D eigenvalue weighted by Crippen LogP contribution is 2.31. The molecule has 7 heteroatoms. The third kappa shape index (κ3) is 4.84. The fraction of sp³-hybridized carbons (Fsp3) is 0.381. The first kappa shape index (κ1) is 20.2. The van der Waals surface area contributed by atoms with Crippen LogP contribution in [0.2, 0.25) is 0 Å². The Morgan fingerprint density at radius 1 is 1.11 bits per heavy atom. The molecule has 1 aliphatic heterocycles. The summed E-state index contributed by atoms with van der Waals surface area (Å²) in [5, 5.41) is 0. The molecule has 0 bridgehead atoms. The number of benzene rings is 2. The second kappa shape index (κ2) is 8.65. The number of sulfone groups is 1. The van der Waals surface area contributed by atoms with Crippen LogP contribution in [0, 0.1) is 0 Å². The molecule has 2 aromatic rings. The lowest BCUT2D eigenvalue weighted by Crippen LogP contribution is -2.45. The van der Waals surface area contributed by atoms with Crippen LogP contribution in [-0.2, 0) is 14.6 Å². The maximum absolute atomic E-state index is 12.9. The van der Waals surface area contributed by atoms with E-state index in [1.807, 2.05) is 73.5 Å². The molecule has 0 aliphatic carbocycles. The van der Waals surface area contributed by atoms with E-state index in [4.69, 9.17) is 4.74 Å². The van der Waals surface area contributed by atoms with Gasteiger partial charge in [-0.3, -0.25) is 4.79 Å². The van der Waals surface area contributed by atoms with Crippen molar-refractivity contribution in [2.24, 2.45) is 0 Å². The molecule has 0 spiro atoms. The molecule has 2 aromatic carbocycles. The lowest BCUT2D eigenvalue weighted by Gasteiger charge is -2.30. The van der Waals surface area contributed by atoms with Crippen LogP contribution in [0.4, 0.5) is 5.69 Å². The van der Waals surface area contributed by atoms with E-state index in [0.29, 0.717) is 18.7 Å². The molecule has 28 heavy (non-hydrogen) atoms. The van der Waals surface area contributed by atoms with Gasteiger partial charge in [0.25, 0.3) is 0 Å². The first-order valence-corrected chi connectivity index (χ1v) is 11.2. The molecule has 0 N–H and O–H groups in total. The van der Waals surface area contributed by atoms with Crippen molar-refractivity contribution in [1.82, 2.24) is 4.90 Å². The molecule has 150 valence electrons. The molecule has 1 amide bonds. The highest BCUT2D eigenvalue weighted by molar-refractivity contribution is 7.91. The number of ether oxygens (including phenoxy) is 1. The van der Waals surface area contributed by atoms with Crippen LogP contribution in [0.15, 0.2) is 54.6 Å². The average molecular weight is 403 g/mol. The summed E-state index contributed by atoms with van der Waals surface area (Å²) in [6.45, 7) is 2.53. The largest absolute Gasteiger partial charge is 0.455 e. The van der Waals surface area contributed by atoms with E-state index in [0.717, 1.165) is 11.4 Å². The van der Waals surface area contributed by atoms with Gasteiger partial charge in [0.05, 0.1) is 23.7 Å². The normalized spacial score (nSPS) is 17.9. The van der Waals surface area contributed by atoms with E-state index in [9.17, 15) is 13.2 Å². The number of amides is 1. The van der Waals surface area contributed by atoms with Crippen LogP contribution < -0.4 is 9.64 Å². The number of carbonyl (C=O) groups excluding carboxylic acids is 1. The molecule has 1 fully saturated rings. The number of hydrogen-bond acceptors (Lipinski definition) is 5. The summed E-state index contributed by atoms with van der Waals surface area (Å²) >= 11 is 0. The van der Waals surface area contributed by atoms with Crippen LogP contribution >= 0.6 is 0 Å². The molecular weight excluding hydrogens is 376 g/mol. The van der Waals surface area contributed by atoms with Crippen molar-refractivity contribution in [2.75, 3.05) is 36.5 Å². The highest BCUT2D eigenvalue weighted by atomic mass is 32.2. The first-order valence-electron chi connectivity index (χ1n) is 9.42. The molecule has 1 heterocycles. The molecule has 1 atom stereocenters. The van der Waals surface area contributed by atoms with Gasteiger partial charge < -0.3 is 14.5 Å². The number of anilines is 1.